The Labute approximate surface area is 197 Å². The molecule has 0 fully saturated rings. The first kappa shape index (κ1) is 24.5. The number of rotatable bonds is 9. The Hall–Kier alpha value is -3.12. The summed E-state index contributed by atoms with van der Waals surface area (Å²) in [6, 6.07) is 23.3. The molecule has 174 valence electrons. The second kappa shape index (κ2) is 10.7. The summed E-state index contributed by atoms with van der Waals surface area (Å²) in [5.74, 6) is -0.113. The molecule has 3 aromatic rings. The topological polar surface area (TPSA) is 66.5 Å². The fraction of sp³-hybridized carbons (Fsp3) is 0.296. The van der Waals surface area contributed by atoms with Gasteiger partial charge in [-0.1, -0.05) is 66.2 Å². The van der Waals surface area contributed by atoms with Crippen molar-refractivity contribution in [2.24, 2.45) is 0 Å². The van der Waals surface area contributed by atoms with Crippen molar-refractivity contribution in [1.29, 1.82) is 0 Å². The van der Waals surface area contributed by atoms with Gasteiger partial charge >= 0.3 is 0 Å². The van der Waals surface area contributed by atoms with Crippen LogP contribution in [0.1, 0.15) is 46.7 Å². The Morgan fingerprint density at radius 3 is 2.12 bits per heavy atom. The van der Waals surface area contributed by atoms with Gasteiger partial charge in [0.05, 0.1) is 18.0 Å². The lowest BCUT2D eigenvalue weighted by Gasteiger charge is -2.24. The minimum absolute atomic E-state index is 0.113. The molecule has 0 aliphatic carbocycles. The van der Waals surface area contributed by atoms with Gasteiger partial charge in [-0.05, 0) is 61.6 Å². The van der Waals surface area contributed by atoms with Gasteiger partial charge in [-0.3, -0.25) is 9.10 Å². The summed E-state index contributed by atoms with van der Waals surface area (Å²) < 4.78 is 26.2. The van der Waals surface area contributed by atoms with E-state index < -0.39 is 10.0 Å². The molecule has 0 aromatic heterocycles. The average Bonchev–Trinajstić information content (AvgIpc) is 2.77. The Bertz CT molecular complexity index is 1190. The van der Waals surface area contributed by atoms with Crippen molar-refractivity contribution in [3.63, 3.8) is 0 Å². The number of benzene rings is 3. The molecular weight excluding hydrogens is 432 g/mol. The SMILES string of the molecule is Cc1ccc([C@H](NC(=O)CCCN(c2ccc(C)c(C)c2)S(C)(=O)=O)c2ccccc2)cc1. The standard InChI is InChI=1S/C27H32N2O3S/c1-20-12-15-24(16-13-20)27(23-9-6-5-7-10-23)28-26(30)11-8-18-29(33(4,31)32)25-17-14-21(2)22(3)19-25/h5-7,9-10,12-17,19,27H,8,11,18H2,1-4H3,(H,28,30)/t27-/m1/s1. The molecule has 0 unspecified atom stereocenters. The Morgan fingerprint density at radius 1 is 0.879 bits per heavy atom. The van der Waals surface area contributed by atoms with Gasteiger partial charge in [0.2, 0.25) is 15.9 Å². The van der Waals surface area contributed by atoms with Crippen LogP contribution in [-0.4, -0.2) is 27.1 Å². The van der Waals surface area contributed by atoms with Crippen molar-refractivity contribution in [2.45, 2.75) is 39.7 Å². The normalized spacial score (nSPS) is 12.2. The van der Waals surface area contributed by atoms with E-state index in [1.54, 1.807) is 0 Å². The van der Waals surface area contributed by atoms with Gasteiger partial charge in [0.1, 0.15) is 0 Å². The van der Waals surface area contributed by atoms with Crippen molar-refractivity contribution in [2.75, 3.05) is 17.1 Å². The lowest BCUT2D eigenvalue weighted by atomic mass is 9.97. The molecule has 3 rings (SSSR count). The van der Waals surface area contributed by atoms with Gasteiger partial charge in [0.25, 0.3) is 0 Å². The maximum Gasteiger partial charge on any atom is 0.232 e. The predicted molar refractivity (Wildman–Crippen MR) is 135 cm³/mol. The average molecular weight is 465 g/mol. The van der Waals surface area contributed by atoms with E-state index in [1.165, 1.54) is 10.6 Å². The van der Waals surface area contributed by atoms with E-state index in [1.807, 2.05) is 93.6 Å². The van der Waals surface area contributed by atoms with Crippen LogP contribution in [0.15, 0.2) is 72.8 Å². The number of aryl methyl sites for hydroxylation is 3. The van der Waals surface area contributed by atoms with Crippen LogP contribution >= 0.6 is 0 Å². The maximum absolute atomic E-state index is 12.9. The molecule has 3 aromatic carbocycles. The van der Waals surface area contributed by atoms with Crippen molar-refractivity contribution in [3.05, 3.63) is 101 Å². The first-order chi connectivity index (χ1) is 15.6. The van der Waals surface area contributed by atoms with E-state index in [4.69, 9.17) is 0 Å². The number of amides is 1. The lowest BCUT2D eigenvalue weighted by molar-refractivity contribution is -0.121. The second-order valence-corrected chi connectivity index (χ2v) is 10.4. The van der Waals surface area contributed by atoms with Crippen molar-refractivity contribution in [1.82, 2.24) is 5.32 Å². The molecule has 1 atom stereocenters. The van der Waals surface area contributed by atoms with Gasteiger partial charge in [0, 0.05) is 13.0 Å². The molecule has 0 bridgehead atoms. The van der Waals surface area contributed by atoms with Gasteiger partial charge < -0.3 is 5.32 Å². The van der Waals surface area contributed by atoms with Gasteiger partial charge in [-0.15, -0.1) is 0 Å². The van der Waals surface area contributed by atoms with E-state index in [0.717, 1.165) is 27.8 Å². The summed E-state index contributed by atoms with van der Waals surface area (Å²) >= 11 is 0. The first-order valence-corrected chi connectivity index (χ1v) is 13.0. The molecule has 33 heavy (non-hydrogen) atoms. The maximum atomic E-state index is 12.9. The van der Waals surface area contributed by atoms with E-state index in [-0.39, 0.29) is 24.9 Å². The largest absolute Gasteiger partial charge is 0.345 e. The van der Waals surface area contributed by atoms with Gasteiger partial charge in [-0.25, -0.2) is 8.42 Å². The van der Waals surface area contributed by atoms with Crippen LogP contribution in [0, 0.1) is 20.8 Å². The third-order valence-electron chi connectivity index (χ3n) is 5.79. The summed E-state index contributed by atoms with van der Waals surface area (Å²) in [4.78, 5) is 12.9. The molecule has 1 N–H and O–H groups in total. The van der Waals surface area contributed by atoms with Crippen molar-refractivity contribution < 1.29 is 13.2 Å². The summed E-state index contributed by atoms with van der Waals surface area (Å²) in [6.07, 6.45) is 1.85. The molecule has 5 nitrogen and oxygen atoms in total. The van der Waals surface area contributed by atoms with Gasteiger partial charge in [-0.2, -0.15) is 0 Å². The number of nitrogens with zero attached hydrogens (tertiary/aromatic N) is 1. The Balaban J connectivity index is 1.70. The molecule has 0 heterocycles. The smallest absolute Gasteiger partial charge is 0.232 e. The number of carbonyl (C=O) groups excluding carboxylic acids is 1. The molecule has 0 spiro atoms. The summed E-state index contributed by atoms with van der Waals surface area (Å²) in [6.45, 7) is 6.23. The lowest BCUT2D eigenvalue weighted by Crippen LogP contribution is -2.33. The highest BCUT2D eigenvalue weighted by molar-refractivity contribution is 7.92. The molecule has 0 aliphatic rings. The molecular formula is C27H32N2O3S. The number of hydrogen-bond donors (Lipinski definition) is 1. The molecule has 0 radical (unpaired) electrons. The summed E-state index contributed by atoms with van der Waals surface area (Å²) in [5.41, 5.74) is 5.93. The second-order valence-electron chi connectivity index (χ2n) is 8.53. The highest BCUT2D eigenvalue weighted by Gasteiger charge is 2.20. The zero-order valence-corrected chi connectivity index (χ0v) is 20.5. The van der Waals surface area contributed by atoms with Crippen LogP contribution in [0.5, 0.6) is 0 Å². The number of carbonyl (C=O) groups is 1. The first-order valence-electron chi connectivity index (χ1n) is 11.1. The summed E-state index contributed by atoms with van der Waals surface area (Å²) in [7, 11) is -3.46. The molecule has 6 heteroatoms. The van der Waals surface area contributed by atoms with E-state index >= 15 is 0 Å². The molecule has 1 amide bonds. The monoisotopic (exact) mass is 464 g/mol. The number of nitrogens with one attached hydrogen (secondary N) is 1. The highest BCUT2D eigenvalue weighted by atomic mass is 32.2. The molecule has 0 aliphatic heterocycles. The van der Waals surface area contributed by atoms with Crippen LogP contribution in [-0.2, 0) is 14.8 Å². The van der Waals surface area contributed by atoms with E-state index in [2.05, 4.69) is 5.32 Å². The predicted octanol–water partition coefficient (Wildman–Crippen LogP) is 5.06. The van der Waals surface area contributed by atoms with Crippen LogP contribution < -0.4 is 9.62 Å². The van der Waals surface area contributed by atoms with Crippen molar-refractivity contribution in [3.8, 4) is 0 Å². The Morgan fingerprint density at radius 2 is 1.52 bits per heavy atom. The zero-order valence-electron chi connectivity index (χ0n) is 19.7. The number of anilines is 1. The van der Waals surface area contributed by atoms with E-state index in [9.17, 15) is 13.2 Å². The fourth-order valence-corrected chi connectivity index (χ4v) is 4.70. The minimum Gasteiger partial charge on any atom is -0.345 e. The number of hydrogen-bond acceptors (Lipinski definition) is 3. The minimum atomic E-state index is -3.46. The molecule has 0 saturated carbocycles. The fourth-order valence-electron chi connectivity index (χ4n) is 3.75. The quantitative estimate of drug-likeness (QED) is 0.481. The van der Waals surface area contributed by atoms with Crippen molar-refractivity contribution >= 4 is 21.6 Å². The van der Waals surface area contributed by atoms with Crippen LogP contribution in [0.25, 0.3) is 0 Å². The summed E-state index contributed by atoms with van der Waals surface area (Å²) in [5, 5.41) is 3.13. The van der Waals surface area contributed by atoms with Gasteiger partial charge in [0.15, 0.2) is 0 Å². The van der Waals surface area contributed by atoms with Crippen LogP contribution in [0.3, 0.4) is 0 Å². The number of sulfonamides is 1. The third kappa shape index (κ3) is 6.68. The van der Waals surface area contributed by atoms with Crippen LogP contribution in [0.2, 0.25) is 0 Å². The van der Waals surface area contributed by atoms with Crippen LogP contribution in [0.4, 0.5) is 5.69 Å². The molecule has 0 saturated heterocycles. The van der Waals surface area contributed by atoms with E-state index in [0.29, 0.717) is 12.1 Å². The highest BCUT2D eigenvalue weighted by Crippen LogP contribution is 2.24. The zero-order chi connectivity index (χ0) is 24.0. The third-order valence-corrected chi connectivity index (χ3v) is 6.99. The Kier molecular flexibility index (Phi) is 7.92.